The number of nitrogens with zero attached hydrogens (tertiary/aromatic N) is 1. The SMILES string of the molecule is CC(C)(C)C(=O)N1CCc2ccc(NC(=O)NCc3cccc4ccccc34)cc21. The number of fused-ring (bicyclic) bond motifs is 2. The molecular formula is C25H27N3O2. The number of carbonyl (C=O) groups is 2. The fourth-order valence-corrected chi connectivity index (χ4v) is 3.87. The summed E-state index contributed by atoms with van der Waals surface area (Å²) in [5.41, 5.74) is 3.33. The van der Waals surface area contributed by atoms with Crippen LogP contribution in [0.1, 0.15) is 31.9 Å². The van der Waals surface area contributed by atoms with Gasteiger partial charge in [0.2, 0.25) is 5.91 Å². The molecule has 1 aliphatic rings. The first kappa shape index (κ1) is 20.0. The van der Waals surface area contributed by atoms with E-state index >= 15 is 0 Å². The van der Waals surface area contributed by atoms with E-state index in [4.69, 9.17) is 0 Å². The topological polar surface area (TPSA) is 61.4 Å². The molecule has 1 aliphatic heterocycles. The molecule has 2 N–H and O–H groups in total. The molecule has 0 bridgehead atoms. The highest BCUT2D eigenvalue weighted by Crippen LogP contribution is 2.34. The van der Waals surface area contributed by atoms with Crippen LogP contribution in [0.5, 0.6) is 0 Å². The minimum atomic E-state index is -0.444. The maximum atomic E-state index is 12.8. The molecule has 3 amide bonds. The molecule has 3 aromatic carbocycles. The standard InChI is InChI=1S/C25H27N3O2/c1-25(2,3)23(29)28-14-13-18-11-12-20(15-22(18)28)27-24(30)26-16-19-9-6-8-17-7-4-5-10-21(17)19/h4-12,15H,13-14,16H2,1-3H3,(H2,26,27,30). The first-order valence-electron chi connectivity index (χ1n) is 10.3. The second-order valence-electron chi connectivity index (χ2n) is 8.75. The van der Waals surface area contributed by atoms with Gasteiger partial charge in [0.15, 0.2) is 0 Å². The van der Waals surface area contributed by atoms with Gasteiger partial charge >= 0.3 is 6.03 Å². The molecule has 0 saturated heterocycles. The molecule has 0 aromatic heterocycles. The van der Waals surface area contributed by atoms with Crippen molar-refractivity contribution in [1.29, 1.82) is 0 Å². The molecule has 30 heavy (non-hydrogen) atoms. The lowest BCUT2D eigenvalue weighted by Crippen LogP contribution is -2.38. The summed E-state index contributed by atoms with van der Waals surface area (Å²) in [6.45, 7) is 6.90. The van der Waals surface area contributed by atoms with Crippen LogP contribution in [0.4, 0.5) is 16.2 Å². The van der Waals surface area contributed by atoms with E-state index < -0.39 is 5.41 Å². The van der Waals surface area contributed by atoms with Gasteiger partial charge in [-0.15, -0.1) is 0 Å². The molecule has 0 saturated carbocycles. The molecular weight excluding hydrogens is 374 g/mol. The highest BCUT2D eigenvalue weighted by molar-refractivity contribution is 6.00. The van der Waals surface area contributed by atoms with E-state index in [0.29, 0.717) is 18.8 Å². The molecule has 5 nitrogen and oxygen atoms in total. The van der Waals surface area contributed by atoms with Crippen LogP contribution in [0.25, 0.3) is 10.8 Å². The van der Waals surface area contributed by atoms with Crippen molar-refractivity contribution in [2.75, 3.05) is 16.8 Å². The Morgan fingerprint density at radius 2 is 1.77 bits per heavy atom. The summed E-state index contributed by atoms with van der Waals surface area (Å²) >= 11 is 0. The largest absolute Gasteiger partial charge is 0.334 e. The van der Waals surface area contributed by atoms with Crippen molar-refractivity contribution in [2.24, 2.45) is 5.41 Å². The third kappa shape index (κ3) is 4.01. The Balaban J connectivity index is 1.45. The number of hydrogen-bond donors (Lipinski definition) is 2. The number of carbonyl (C=O) groups excluding carboxylic acids is 2. The van der Waals surface area contributed by atoms with Crippen molar-refractivity contribution in [3.05, 3.63) is 71.8 Å². The van der Waals surface area contributed by atoms with E-state index in [1.807, 2.05) is 68.1 Å². The summed E-state index contributed by atoms with van der Waals surface area (Å²) in [7, 11) is 0. The minimum absolute atomic E-state index is 0.0961. The third-order valence-corrected chi connectivity index (χ3v) is 5.44. The van der Waals surface area contributed by atoms with Crippen molar-refractivity contribution in [1.82, 2.24) is 5.32 Å². The van der Waals surface area contributed by atoms with E-state index in [-0.39, 0.29) is 11.9 Å². The van der Waals surface area contributed by atoms with Gasteiger partial charge < -0.3 is 15.5 Å². The van der Waals surface area contributed by atoms with Crippen molar-refractivity contribution in [2.45, 2.75) is 33.7 Å². The average Bonchev–Trinajstić information content (AvgIpc) is 3.14. The van der Waals surface area contributed by atoms with E-state index in [1.165, 1.54) is 0 Å². The van der Waals surface area contributed by atoms with Crippen LogP contribution >= 0.6 is 0 Å². The zero-order valence-corrected chi connectivity index (χ0v) is 17.7. The van der Waals surface area contributed by atoms with E-state index in [1.54, 1.807) is 0 Å². The average molecular weight is 402 g/mol. The fourth-order valence-electron chi connectivity index (χ4n) is 3.87. The predicted molar refractivity (Wildman–Crippen MR) is 122 cm³/mol. The Labute approximate surface area is 177 Å². The smallest absolute Gasteiger partial charge is 0.319 e. The Kier molecular flexibility index (Phi) is 5.20. The van der Waals surface area contributed by atoms with Gasteiger partial charge in [0.05, 0.1) is 0 Å². The van der Waals surface area contributed by atoms with Crippen LogP contribution in [0.3, 0.4) is 0 Å². The first-order valence-corrected chi connectivity index (χ1v) is 10.3. The molecule has 0 fully saturated rings. The predicted octanol–water partition coefficient (Wildman–Crippen LogP) is 5.10. The van der Waals surface area contributed by atoms with Crippen LogP contribution in [-0.2, 0) is 17.8 Å². The highest BCUT2D eigenvalue weighted by Gasteiger charge is 2.32. The van der Waals surface area contributed by atoms with Gasteiger partial charge in [0.1, 0.15) is 0 Å². The van der Waals surface area contributed by atoms with Crippen LogP contribution in [0, 0.1) is 5.41 Å². The Hall–Kier alpha value is -3.34. The Morgan fingerprint density at radius 1 is 1.00 bits per heavy atom. The van der Waals surface area contributed by atoms with Gasteiger partial charge in [-0.3, -0.25) is 4.79 Å². The number of nitrogens with one attached hydrogen (secondary N) is 2. The lowest BCUT2D eigenvalue weighted by atomic mass is 9.94. The molecule has 0 radical (unpaired) electrons. The molecule has 1 heterocycles. The summed E-state index contributed by atoms with van der Waals surface area (Å²) in [6, 6.07) is 19.7. The van der Waals surface area contributed by atoms with E-state index in [9.17, 15) is 9.59 Å². The third-order valence-electron chi connectivity index (χ3n) is 5.44. The molecule has 0 aliphatic carbocycles. The maximum Gasteiger partial charge on any atom is 0.319 e. The summed E-state index contributed by atoms with van der Waals surface area (Å²) in [6.07, 6.45) is 0.838. The Morgan fingerprint density at radius 3 is 2.57 bits per heavy atom. The minimum Gasteiger partial charge on any atom is -0.334 e. The van der Waals surface area contributed by atoms with Crippen molar-refractivity contribution >= 4 is 34.1 Å². The summed E-state index contributed by atoms with van der Waals surface area (Å²) in [5, 5.41) is 8.12. The number of anilines is 2. The molecule has 5 heteroatoms. The van der Waals surface area contributed by atoms with Gasteiger partial charge in [0, 0.05) is 29.9 Å². The highest BCUT2D eigenvalue weighted by atomic mass is 16.2. The van der Waals surface area contributed by atoms with Gasteiger partial charge in [0.25, 0.3) is 0 Å². The van der Waals surface area contributed by atoms with Crippen LogP contribution in [0.2, 0.25) is 0 Å². The van der Waals surface area contributed by atoms with Crippen molar-refractivity contribution in [3.63, 3.8) is 0 Å². The summed E-state index contributed by atoms with van der Waals surface area (Å²) in [4.78, 5) is 27.1. The van der Waals surface area contributed by atoms with Crippen molar-refractivity contribution in [3.8, 4) is 0 Å². The summed E-state index contributed by atoms with van der Waals surface area (Å²) in [5.74, 6) is 0.0961. The number of urea groups is 1. The van der Waals surface area contributed by atoms with Gasteiger partial charge in [-0.1, -0.05) is 69.3 Å². The zero-order valence-electron chi connectivity index (χ0n) is 17.7. The number of benzene rings is 3. The van der Waals surface area contributed by atoms with E-state index in [0.717, 1.165) is 34.0 Å². The zero-order chi connectivity index (χ0) is 21.3. The molecule has 3 aromatic rings. The fraction of sp³-hybridized carbons (Fsp3) is 0.280. The first-order chi connectivity index (χ1) is 14.3. The van der Waals surface area contributed by atoms with E-state index in [2.05, 4.69) is 28.8 Å². The number of amides is 3. The number of hydrogen-bond acceptors (Lipinski definition) is 2. The molecule has 0 unspecified atom stereocenters. The molecule has 0 spiro atoms. The second-order valence-corrected chi connectivity index (χ2v) is 8.75. The molecule has 154 valence electrons. The normalized spacial score (nSPS) is 13.2. The van der Waals surface area contributed by atoms with Crippen LogP contribution in [0.15, 0.2) is 60.7 Å². The molecule has 0 atom stereocenters. The van der Waals surface area contributed by atoms with Gasteiger partial charge in [-0.05, 0) is 40.5 Å². The number of rotatable bonds is 3. The second kappa shape index (κ2) is 7.82. The lowest BCUT2D eigenvalue weighted by molar-refractivity contribution is -0.125. The van der Waals surface area contributed by atoms with Gasteiger partial charge in [-0.25, -0.2) is 4.79 Å². The van der Waals surface area contributed by atoms with Crippen LogP contribution in [-0.4, -0.2) is 18.5 Å². The van der Waals surface area contributed by atoms with Crippen molar-refractivity contribution < 1.29 is 9.59 Å². The Bertz CT molecular complexity index is 1110. The maximum absolute atomic E-state index is 12.8. The monoisotopic (exact) mass is 401 g/mol. The molecule has 4 rings (SSSR count). The summed E-state index contributed by atoms with van der Waals surface area (Å²) < 4.78 is 0. The quantitative estimate of drug-likeness (QED) is 0.642. The van der Waals surface area contributed by atoms with Gasteiger partial charge in [-0.2, -0.15) is 0 Å². The van der Waals surface area contributed by atoms with Crippen LogP contribution < -0.4 is 15.5 Å². The lowest BCUT2D eigenvalue weighted by Gasteiger charge is -2.26.